The number of alkyl halides is 3. The van der Waals surface area contributed by atoms with E-state index in [1.54, 1.807) is 0 Å². The van der Waals surface area contributed by atoms with E-state index in [2.05, 4.69) is 10.1 Å². The molecule has 0 aliphatic heterocycles. The number of nitro groups is 1. The van der Waals surface area contributed by atoms with E-state index in [1.807, 2.05) is 0 Å². The number of nitrogens with zero attached hydrogens (tertiary/aromatic N) is 1. The Balaban J connectivity index is 2.20. The number of halogens is 7. The van der Waals surface area contributed by atoms with E-state index in [4.69, 9.17) is 0 Å². The number of hydrogen-bond donors (Lipinski definition) is 1. The molecule has 0 aliphatic rings. The number of aryl methyl sites for hydroxylation is 1. The van der Waals surface area contributed by atoms with Crippen LogP contribution >= 0.6 is 0 Å². The van der Waals surface area contributed by atoms with Gasteiger partial charge in [-0.3, -0.25) is 14.9 Å². The van der Waals surface area contributed by atoms with E-state index >= 15 is 0 Å². The van der Waals surface area contributed by atoms with Crippen LogP contribution < -0.4 is 10.1 Å². The minimum Gasteiger partial charge on any atom is -0.477 e. The Bertz CT molecular complexity index is 963. The molecule has 2 rings (SSSR count). The van der Waals surface area contributed by atoms with Gasteiger partial charge >= 0.3 is 6.18 Å². The Kier molecular flexibility index (Phi) is 5.99. The number of anilines is 1. The molecule has 2 aromatic carbocycles. The number of rotatable bonds is 5. The zero-order valence-electron chi connectivity index (χ0n) is 14.2. The highest BCUT2D eigenvalue weighted by Crippen LogP contribution is 2.39. The van der Waals surface area contributed by atoms with Gasteiger partial charge in [-0.2, -0.15) is 22.0 Å². The van der Waals surface area contributed by atoms with E-state index in [1.165, 1.54) is 6.92 Å². The van der Waals surface area contributed by atoms with Crippen molar-refractivity contribution in [3.05, 3.63) is 62.7 Å². The fourth-order valence-electron chi connectivity index (χ4n) is 2.21. The fourth-order valence-corrected chi connectivity index (χ4v) is 2.21. The Morgan fingerprint density at radius 1 is 1.10 bits per heavy atom. The van der Waals surface area contributed by atoms with Crippen LogP contribution in [0.4, 0.5) is 42.1 Å². The number of carbonyl (C=O) groups excluding carboxylic acids is 1. The van der Waals surface area contributed by atoms with Gasteiger partial charge in [0.05, 0.1) is 4.92 Å². The van der Waals surface area contributed by atoms with Crippen molar-refractivity contribution in [3.63, 3.8) is 0 Å². The molecule has 1 N–H and O–H groups in total. The highest BCUT2D eigenvalue weighted by atomic mass is 19.4. The van der Waals surface area contributed by atoms with Crippen LogP contribution in [0.3, 0.4) is 0 Å². The first-order valence-electron chi connectivity index (χ1n) is 7.45. The summed E-state index contributed by atoms with van der Waals surface area (Å²) in [6, 6.07) is 3.30. The van der Waals surface area contributed by atoms with Crippen LogP contribution in [-0.2, 0) is 11.0 Å². The standard InChI is InChI=1S/C16H9F7N2O4/c1-6-4-7(25(27)28)2-3-8(6)24-9(26)5-29-15-13(19)11(17)10(16(21,22)23)12(18)14(15)20/h2-4H,5H2,1H3,(H,24,26). The van der Waals surface area contributed by atoms with Crippen molar-refractivity contribution in [1.82, 2.24) is 0 Å². The third kappa shape index (κ3) is 4.55. The summed E-state index contributed by atoms with van der Waals surface area (Å²) in [6.07, 6.45) is -5.71. The third-order valence-electron chi connectivity index (χ3n) is 3.55. The quantitative estimate of drug-likeness (QED) is 0.331. The number of benzene rings is 2. The van der Waals surface area contributed by atoms with Crippen molar-refractivity contribution >= 4 is 17.3 Å². The summed E-state index contributed by atoms with van der Waals surface area (Å²) < 4.78 is 96.2. The van der Waals surface area contributed by atoms with Crippen LogP contribution in [0.5, 0.6) is 5.75 Å². The zero-order valence-corrected chi connectivity index (χ0v) is 14.2. The van der Waals surface area contributed by atoms with Crippen molar-refractivity contribution in [2.24, 2.45) is 0 Å². The normalized spacial score (nSPS) is 11.3. The predicted molar refractivity (Wildman–Crippen MR) is 83.2 cm³/mol. The summed E-state index contributed by atoms with van der Waals surface area (Å²) in [4.78, 5) is 21.7. The van der Waals surface area contributed by atoms with E-state index < -0.39 is 58.2 Å². The van der Waals surface area contributed by atoms with Gasteiger partial charge < -0.3 is 10.1 Å². The van der Waals surface area contributed by atoms with Gasteiger partial charge in [-0.15, -0.1) is 0 Å². The predicted octanol–water partition coefficient (Wildman–Crippen LogP) is 4.50. The number of non-ortho nitro benzene ring substituents is 1. The molecule has 0 atom stereocenters. The molecule has 1 amide bonds. The molecule has 0 heterocycles. The molecule has 0 unspecified atom stereocenters. The molecule has 0 bridgehead atoms. The lowest BCUT2D eigenvalue weighted by atomic mass is 10.1. The Morgan fingerprint density at radius 2 is 1.66 bits per heavy atom. The van der Waals surface area contributed by atoms with Crippen LogP contribution in [0.2, 0.25) is 0 Å². The molecule has 0 saturated carbocycles. The van der Waals surface area contributed by atoms with Gasteiger partial charge in [-0.1, -0.05) is 0 Å². The number of nitrogens with one attached hydrogen (secondary N) is 1. The minimum absolute atomic E-state index is 0.0509. The molecule has 0 saturated heterocycles. The fraction of sp³-hybridized carbons (Fsp3) is 0.188. The van der Waals surface area contributed by atoms with Crippen LogP contribution in [0, 0.1) is 40.3 Å². The molecule has 0 fully saturated rings. The molecule has 0 aliphatic carbocycles. The number of amides is 1. The van der Waals surface area contributed by atoms with Crippen LogP contribution in [0.1, 0.15) is 11.1 Å². The van der Waals surface area contributed by atoms with Gasteiger partial charge in [0.2, 0.25) is 11.6 Å². The van der Waals surface area contributed by atoms with Gasteiger partial charge in [0.15, 0.2) is 24.0 Å². The number of nitro benzene ring substituents is 1. The largest absolute Gasteiger partial charge is 0.477 e. The summed E-state index contributed by atoms with van der Waals surface area (Å²) in [5.74, 6) is -13.3. The molecule has 0 spiro atoms. The molecule has 6 nitrogen and oxygen atoms in total. The Labute approximate surface area is 157 Å². The molecule has 0 aromatic heterocycles. The van der Waals surface area contributed by atoms with Crippen LogP contribution in [-0.4, -0.2) is 17.4 Å². The lowest BCUT2D eigenvalue weighted by Gasteiger charge is -2.15. The summed E-state index contributed by atoms with van der Waals surface area (Å²) in [5, 5.41) is 12.8. The highest BCUT2D eigenvalue weighted by Gasteiger charge is 2.42. The topological polar surface area (TPSA) is 81.5 Å². The van der Waals surface area contributed by atoms with Crippen molar-refractivity contribution < 1.29 is 45.2 Å². The molecule has 156 valence electrons. The summed E-state index contributed by atoms with van der Waals surface area (Å²) in [5.41, 5.74) is -2.77. The van der Waals surface area contributed by atoms with Crippen molar-refractivity contribution in [2.75, 3.05) is 11.9 Å². The Morgan fingerprint density at radius 3 is 2.10 bits per heavy atom. The van der Waals surface area contributed by atoms with E-state index in [0.717, 1.165) is 18.2 Å². The van der Waals surface area contributed by atoms with Gasteiger partial charge in [0.25, 0.3) is 11.6 Å². The van der Waals surface area contributed by atoms with Crippen LogP contribution in [0.25, 0.3) is 0 Å². The molecule has 0 radical (unpaired) electrons. The van der Waals surface area contributed by atoms with E-state index in [0.29, 0.717) is 0 Å². The second-order valence-corrected chi connectivity index (χ2v) is 5.55. The van der Waals surface area contributed by atoms with Crippen molar-refractivity contribution in [1.29, 1.82) is 0 Å². The average Bonchev–Trinajstić information content (AvgIpc) is 2.60. The molecule has 13 heteroatoms. The monoisotopic (exact) mass is 426 g/mol. The maximum absolute atomic E-state index is 13.7. The second-order valence-electron chi connectivity index (χ2n) is 5.55. The average molecular weight is 426 g/mol. The van der Waals surface area contributed by atoms with Gasteiger partial charge in [0, 0.05) is 17.8 Å². The zero-order chi connectivity index (χ0) is 22.1. The lowest BCUT2D eigenvalue weighted by Crippen LogP contribution is -2.23. The molecule has 29 heavy (non-hydrogen) atoms. The first-order valence-corrected chi connectivity index (χ1v) is 7.45. The minimum atomic E-state index is -5.71. The maximum Gasteiger partial charge on any atom is 0.422 e. The van der Waals surface area contributed by atoms with Gasteiger partial charge in [-0.25, -0.2) is 8.78 Å². The lowest BCUT2D eigenvalue weighted by molar-refractivity contribution is -0.384. The first kappa shape index (κ1) is 21.9. The van der Waals surface area contributed by atoms with Crippen molar-refractivity contribution in [3.8, 4) is 5.75 Å². The second kappa shape index (κ2) is 7.93. The van der Waals surface area contributed by atoms with Gasteiger partial charge in [-0.05, 0) is 18.6 Å². The molecule has 2 aromatic rings. The number of ether oxygens (including phenoxy) is 1. The van der Waals surface area contributed by atoms with Crippen molar-refractivity contribution in [2.45, 2.75) is 13.1 Å². The Hall–Kier alpha value is -3.38. The third-order valence-corrected chi connectivity index (χ3v) is 3.55. The summed E-state index contributed by atoms with van der Waals surface area (Å²) in [7, 11) is 0. The number of carbonyl (C=O) groups is 1. The summed E-state index contributed by atoms with van der Waals surface area (Å²) >= 11 is 0. The van der Waals surface area contributed by atoms with Crippen LogP contribution in [0.15, 0.2) is 18.2 Å². The van der Waals surface area contributed by atoms with Gasteiger partial charge in [0.1, 0.15) is 5.56 Å². The first-order chi connectivity index (χ1) is 13.3. The van der Waals surface area contributed by atoms with E-state index in [-0.39, 0.29) is 16.9 Å². The molecular formula is C16H9F7N2O4. The SMILES string of the molecule is Cc1cc([N+](=O)[O-])ccc1NC(=O)COc1c(F)c(F)c(C(F)(F)F)c(F)c1F. The maximum atomic E-state index is 13.7. The van der Waals surface area contributed by atoms with E-state index in [9.17, 15) is 45.6 Å². The summed E-state index contributed by atoms with van der Waals surface area (Å²) in [6.45, 7) is 0.165. The molecular weight excluding hydrogens is 417 g/mol. The number of hydrogen-bond acceptors (Lipinski definition) is 4. The smallest absolute Gasteiger partial charge is 0.422 e. The highest BCUT2D eigenvalue weighted by molar-refractivity contribution is 5.92.